The maximum Gasteiger partial charge on any atom is 0.253 e. The Morgan fingerprint density at radius 1 is 1.11 bits per heavy atom. The van der Waals surface area contributed by atoms with Crippen molar-refractivity contribution in [2.75, 3.05) is 39.3 Å². The van der Waals surface area contributed by atoms with Crippen LogP contribution in [0, 0.1) is 11.3 Å². The van der Waals surface area contributed by atoms with Crippen molar-refractivity contribution in [3.63, 3.8) is 0 Å². The van der Waals surface area contributed by atoms with Crippen molar-refractivity contribution in [3.05, 3.63) is 29.3 Å². The second-order valence-electron chi connectivity index (χ2n) is 9.68. The molecule has 4 nitrogen and oxygen atoms in total. The van der Waals surface area contributed by atoms with Crippen LogP contribution in [-0.4, -0.2) is 55.0 Å². The van der Waals surface area contributed by atoms with Crippen LogP contribution >= 0.6 is 0 Å². The van der Waals surface area contributed by atoms with E-state index in [0.29, 0.717) is 5.41 Å². The molecule has 3 heterocycles. The second kappa shape index (κ2) is 7.70. The number of likely N-dealkylation sites (tertiary alicyclic amines) is 2. The molecular formula is C24H34N2O2. The zero-order valence-corrected chi connectivity index (χ0v) is 17.1. The van der Waals surface area contributed by atoms with Gasteiger partial charge in [0.05, 0.1) is 6.61 Å². The van der Waals surface area contributed by atoms with E-state index >= 15 is 0 Å². The number of hydrogen-bond acceptors (Lipinski definition) is 3. The Kier molecular flexibility index (Phi) is 5.08. The van der Waals surface area contributed by atoms with Crippen molar-refractivity contribution >= 4 is 5.91 Å². The van der Waals surface area contributed by atoms with Crippen LogP contribution in [0.3, 0.4) is 0 Å². The Labute approximate surface area is 169 Å². The highest BCUT2D eigenvalue weighted by Gasteiger charge is 2.42. The van der Waals surface area contributed by atoms with Crippen molar-refractivity contribution in [2.24, 2.45) is 11.3 Å². The fraction of sp³-hybridized carbons (Fsp3) is 0.708. The highest BCUT2D eigenvalue weighted by atomic mass is 16.5. The SMILES string of the molecule is O=C(c1ccc2c(c1)CCO2)N1CCC2(CCN(CCC3CCCC3)CC2)C1. The summed E-state index contributed by atoms with van der Waals surface area (Å²) in [4.78, 5) is 17.9. The number of carbonyl (C=O) groups excluding carboxylic acids is 1. The lowest BCUT2D eigenvalue weighted by atomic mass is 9.77. The van der Waals surface area contributed by atoms with Crippen LogP contribution in [0.5, 0.6) is 5.75 Å². The molecule has 3 aliphatic heterocycles. The van der Waals surface area contributed by atoms with Crippen molar-refractivity contribution in [1.82, 2.24) is 9.80 Å². The normalized spacial score (nSPS) is 24.6. The minimum absolute atomic E-state index is 0.218. The van der Waals surface area contributed by atoms with E-state index in [9.17, 15) is 4.79 Å². The summed E-state index contributed by atoms with van der Waals surface area (Å²) in [5.41, 5.74) is 2.41. The molecule has 0 N–H and O–H groups in total. The molecule has 5 rings (SSSR count). The number of benzene rings is 1. The number of piperidine rings is 1. The second-order valence-corrected chi connectivity index (χ2v) is 9.68. The summed E-state index contributed by atoms with van der Waals surface area (Å²) in [5, 5.41) is 0. The molecule has 1 spiro atoms. The van der Waals surface area contributed by atoms with E-state index < -0.39 is 0 Å². The summed E-state index contributed by atoms with van der Waals surface area (Å²) in [6.07, 6.45) is 11.9. The van der Waals surface area contributed by atoms with Crippen LogP contribution in [0.1, 0.15) is 67.3 Å². The Balaban J connectivity index is 1.14. The highest BCUT2D eigenvalue weighted by Crippen LogP contribution is 2.41. The molecule has 0 atom stereocenters. The van der Waals surface area contributed by atoms with Gasteiger partial charge in [-0.3, -0.25) is 4.79 Å². The smallest absolute Gasteiger partial charge is 0.253 e. The van der Waals surface area contributed by atoms with Crippen molar-refractivity contribution in [2.45, 2.75) is 57.8 Å². The fourth-order valence-electron chi connectivity index (χ4n) is 5.93. The first kappa shape index (κ1) is 18.5. The number of ether oxygens (including phenoxy) is 1. The number of hydrogen-bond donors (Lipinski definition) is 0. The molecule has 0 bridgehead atoms. The molecule has 4 heteroatoms. The van der Waals surface area contributed by atoms with Gasteiger partial charge in [0.1, 0.15) is 5.75 Å². The van der Waals surface area contributed by atoms with E-state index in [1.54, 1.807) is 0 Å². The molecular weight excluding hydrogens is 348 g/mol. The first-order valence-electron chi connectivity index (χ1n) is 11.5. The van der Waals surface area contributed by atoms with E-state index in [0.717, 1.165) is 43.3 Å². The third-order valence-corrected chi connectivity index (χ3v) is 7.91. The third-order valence-electron chi connectivity index (χ3n) is 7.91. The third kappa shape index (κ3) is 3.68. The maximum absolute atomic E-state index is 13.1. The van der Waals surface area contributed by atoms with Gasteiger partial charge in [-0.2, -0.15) is 0 Å². The zero-order valence-electron chi connectivity index (χ0n) is 17.1. The molecule has 0 unspecified atom stereocenters. The lowest BCUT2D eigenvalue weighted by Crippen LogP contribution is -2.42. The number of rotatable bonds is 4. The monoisotopic (exact) mass is 382 g/mol. The average Bonchev–Trinajstić information content (AvgIpc) is 3.48. The van der Waals surface area contributed by atoms with Gasteiger partial charge in [-0.15, -0.1) is 0 Å². The van der Waals surface area contributed by atoms with Crippen molar-refractivity contribution < 1.29 is 9.53 Å². The largest absolute Gasteiger partial charge is 0.493 e. The fourth-order valence-corrected chi connectivity index (χ4v) is 5.93. The number of nitrogens with zero attached hydrogens (tertiary/aromatic N) is 2. The molecule has 0 radical (unpaired) electrons. The average molecular weight is 383 g/mol. The van der Waals surface area contributed by atoms with Gasteiger partial charge in [0.15, 0.2) is 0 Å². The molecule has 1 aromatic carbocycles. The highest BCUT2D eigenvalue weighted by molar-refractivity contribution is 5.95. The molecule has 1 saturated carbocycles. The molecule has 2 saturated heterocycles. The van der Waals surface area contributed by atoms with Crippen LogP contribution in [0.4, 0.5) is 0 Å². The van der Waals surface area contributed by atoms with E-state index in [4.69, 9.17) is 4.74 Å². The molecule has 4 aliphatic rings. The lowest BCUT2D eigenvalue weighted by molar-refractivity contribution is 0.0715. The summed E-state index contributed by atoms with van der Waals surface area (Å²) >= 11 is 0. The molecule has 3 fully saturated rings. The van der Waals surface area contributed by atoms with Crippen LogP contribution in [0.25, 0.3) is 0 Å². The van der Waals surface area contributed by atoms with Gasteiger partial charge in [0.25, 0.3) is 5.91 Å². The Morgan fingerprint density at radius 2 is 1.89 bits per heavy atom. The molecule has 28 heavy (non-hydrogen) atoms. The molecule has 1 amide bonds. The lowest BCUT2D eigenvalue weighted by Gasteiger charge is -2.39. The van der Waals surface area contributed by atoms with E-state index in [1.807, 2.05) is 12.1 Å². The van der Waals surface area contributed by atoms with Gasteiger partial charge in [0.2, 0.25) is 0 Å². The predicted molar refractivity (Wildman–Crippen MR) is 111 cm³/mol. The van der Waals surface area contributed by atoms with E-state index in [1.165, 1.54) is 76.6 Å². The summed E-state index contributed by atoms with van der Waals surface area (Å²) in [6.45, 7) is 6.37. The Bertz CT molecular complexity index is 717. The predicted octanol–water partition coefficient (Wildman–Crippen LogP) is 4.13. The van der Waals surface area contributed by atoms with Crippen LogP contribution in [0.15, 0.2) is 18.2 Å². The minimum Gasteiger partial charge on any atom is -0.493 e. The zero-order chi connectivity index (χ0) is 19.0. The van der Waals surface area contributed by atoms with Crippen LogP contribution in [-0.2, 0) is 6.42 Å². The van der Waals surface area contributed by atoms with E-state index in [2.05, 4.69) is 15.9 Å². The minimum atomic E-state index is 0.218. The first-order valence-corrected chi connectivity index (χ1v) is 11.5. The summed E-state index contributed by atoms with van der Waals surface area (Å²) in [6, 6.07) is 5.98. The topological polar surface area (TPSA) is 32.8 Å². The standard InChI is InChI=1S/C24H34N2O2/c27-23(21-5-6-22-20(17-21)8-16-28-22)26-15-11-24(18-26)9-13-25(14-10-24)12-7-19-3-1-2-4-19/h5-6,17,19H,1-4,7-16,18H2. The van der Waals surface area contributed by atoms with Gasteiger partial charge in [0, 0.05) is 25.1 Å². The van der Waals surface area contributed by atoms with Crippen LogP contribution < -0.4 is 4.74 Å². The summed E-state index contributed by atoms with van der Waals surface area (Å²) in [5.74, 6) is 2.17. The molecule has 1 aromatic rings. The van der Waals surface area contributed by atoms with E-state index in [-0.39, 0.29) is 5.91 Å². The van der Waals surface area contributed by atoms with Crippen molar-refractivity contribution in [3.8, 4) is 5.75 Å². The van der Waals surface area contributed by atoms with Gasteiger partial charge in [-0.1, -0.05) is 25.7 Å². The number of fused-ring (bicyclic) bond motifs is 1. The molecule has 152 valence electrons. The van der Waals surface area contributed by atoms with Crippen LogP contribution in [0.2, 0.25) is 0 Å². The van der Waals surface area contributed by atoms with Gasteiger partial charge >= 0.3 is 0 Å². The van der Waals surface area contributed by atoms with Gasteiger partial charge < -0.3 is 14.5 Å². The maximum atomic E-state index is 13.1. The number of amides is 1. The summed E-state index contributed by atoms with van der Waals surface area (Å²) in [7, 11) is 0. The Morgan fingerprint density at radius 3 is 2.71 bits per heavy atom. The number of carbonyl (C=O) groups is 1. The van der Waals surface area contributed by atoms with Gasteiger partial charge in [-0.25, -0.2) is 0 Å². The molecule has 1 aliphatic carbocycles. The summed E-state index contributed by atoms with van der Waals surface area (Å²) < 4.78 is 5.58. The molecule has 0 aromatic heterocycles. The first-order chi connectivity index (χ1) is 13.7. The Hall–Kier alpha value is -1.55. The van der Waals surface area contributed by atoms with Gasteiger partial charge in [-0.05, 0) is 80.4 Å². The van der Waals surface area contributed by atoms with Crippen molar-refractivity contribution in [1.29, 1.82) is 0 Å². The quantitative estimate of drug-likeness (QED) is 0.785.